The number of nitrogens with two attached hydrogens (primary N) is 1. The maximum atomic E-state index is 14.3. The Morgan fingerprint density at radius 1 is 0.704 bits per heavy atom. The standard InChI is InChI=1S/C60H78N10O9P2/c1-10-23-69(24-11-2)59(73)51-33-47-19-15-45(35-55(47)64-57(61)37-51)43-17-21-49(41-71)53(31-43)39-62-67(6)27-29-79-81(76,77-8)66-58-38-52(60(74)70(25-12-3)26-13-4)34-48-20-16-46(36-56(48)65-58)44-18-22-50(42-72)54(32-44)40-63-68(7)28-30-80(9,75)78-14-5/h15-22,31-36,39-42,76H,10-14,23-30,37-38H2,1-9H3,(H2-,61,64,65,66,73,74)/p+1/b62-39-,63-40-. The zero-order valence-electron chi connectivity index (χ0n) is 48.3. The highest BCUT2D eigenvalue weighted by Gasteiger charge is 2.42. The number of carbonyl (C=O) groups excluding carboxylic acids is 4. The molecule has 0 spiro atoms. The van der Waals surface area contributed by atoms with Gasteiger partial charge in [0.15, 0.2) is 18.4 Å². The van der Waals surface area contributed by atoms with Crippen LogP contribution < -0.4 is 11.1 Å². The van der Waals surface area contributed by atoms with Gasteiger partial charge >= 0.3 is 8.09 Å². The molecular weight excluding hydrogens is 1070 g/mol. The molecule has 0 bridgehead atoms. The lowest BCUT2D eigenvalue weighted by atomic mass is 9.97. The average molecular weight is 1150 g/mol. The maximum absolute atomic E-state index is 14.3. The summed E-state index contributed by atoms with van der Waals surface area (Å²) in [5.41, 5.74) is 15.4. The molecular formula is C60H79N10O9P2+. The predicted molar refractivity (Wildman–Crippen MR) is 329 cm³/mol. The molecule has 4 N–H and O–H groups in total. The summed E-state index contributed by atoms with van der Waals surface area (Å²) < 4.78 is 34.4. The van der Waals surface area contributed by atoms with Crippen LogP contribution in [0.4, 0.5) is 11.4 Å². The zero-order valence-corrected chi connectivity index (χ0v) is 50.1. The molecule has 2 heterocycles. The summed E-state index contributed by atoms with van der Waals surface area (Å²) in [7, 11) is -1.92. The second kappa shape index (κ2) is 30.2. The predicted octanol–water partition coefficient (Wildman–Crippen LogP) is 10.8. The molecule has 0 fully saturated rings. The fourth-order valence-corrected chi connectivity index (χ4v) is 11.5. The Morgan fingerprint density at radius 2 is 1.20 bits per heavy atom. The Morgan fingerprint density at radius 3 is 1.73 bits per heavy atom. The molecule has 2 aliphatic rings. The van der Waals surface area contributed by atoms with E-state index in [1.807, 2.05) is 96.5 Å². The second-order valence-corrected chi connectivity index (χ2v) is 24.5. The molecule has 81 heavy (non-hydrogen) atoms. The van der Waals surface area contributed by atoms with Gasteiger partial charge in [-0.3, -0.25) is 33.8 Å². The number of hydrogen-bond donors (Lipinski definition) is 3. The molecule has 432 valence electrons. The fraction of sp³-hybridized carbons (Fsp3) is 0.400. The highest BCUT2D eigenvalue weighted by atomic mass is 31.2. The van der Waals surface area contributed by atoms with Gasteiger partial charge in [-0.2, -0.15) is 24.1 Å². The van der Waals surface area contributed by atoms with Crippen molar-refractivity contribution in [3.05, 3.63) is 117 Å². The van der Waals surface area contributed by atoms with Crippen molar-refractivity contribution in [2.45, 2.75) is 73.1 Å². The number of hydrazone groups is 2. The van der Waals surface area contributed by atoms with E-state index in [4.69, 9.17) is 19.3 Å². The van der Waals surface area contributed by atoms with Crippen molar-refractivity contribution in [1.29, 1.82) is 0 Å². The van der Waals surface area contributed by atoms with Crippen LogP contribution in [0.25, 0.3) is 34.4 Å². The van der Waals surface area contributed by atoms with Crippen molar-refractivity contribution >= 4 is 87.5 Å². The van der Waals surface area contributed by atoms with E-state index in [-0.39, 0.29) is 43.6 Å². The minimum absolute atomic E-state index is 0.0349. The number of benzene rings is 4. The third-order valence-corrected chi connectivity index (χ3v) is 16.7. The van der Waals surface area contributed by atoms with Crippen molar-refractivity contribution in [2.75, 3.05) is 91.8 Å². The Labute approximate surface area is 477 Å². The van der Waals surface area contributed by atoms with Crippen LogP contribution in [-0.4, -0.2) is 160 Å². The third kappa shape index (κ3) is 17.8. The van der Waals surface area contributed by atoms with E-state index in [0.29, 0.717) is 96.1 Å². The van der Waals surface area contributed by atoms with Crippen molar-refractivity contribution < 1.29 is 42.2 Å². The van der Waals surface area contributed by atoms with Crippen LogP contribution in [-0.2, 0) is 27.7 Å². The van der Waals surface area contributed by atoms with Crippen molar-refractivity contribution in [3.8, 4) is 22.3 Å². The second-order valence-electron chi connectivity index (χ2n) is 20.0. The third-order valence-electron chi connectivity index (χ3n) is 13.4. The van der Waals surface area contributed by atoms with E-state index in [2.05, 4.69) is 39.1 Å². The van der Waals surface area contributed by atoms with E-state index >= 15 is 0 Å². The van der Waals surface area contributed by atoms with Crippen LogP contribution in [0.2, 0.25) is 0 Å². The molecule has 0 saturated heterocycles. The first kappa shape index (κ1) is 63.2. The number of rotatable bonds is 29. The summed E-state index contributed by atoms with van der Waals surface area (Å²) in [6.45, 7) is 14.9. The Balaban J connectivity index is 1.21. The minimum atomic E-state index is -3.96. The lowest BCUT2D eigenvalue weighted by molar-refractivity contribution is -0.128. The molecule has 6 rings (SSSR count). The van der Waals surface area contributed by atoms with Crippen LogP contribution in [0.1, 0.15) is 116 Å². The van der Waals surface area contributed by atoms with Gasteiger partial charge in [0.25, 0.3) is 0 Å². The molecule has 4 aromatic carbocycles. The number of anilines is 1. The van der Waals surface area contributed by atoms with Gasteiger partial charge in [0, 0.05) is 117 Å². The molecule has 4 aromatic rings. The number of amidine groups is 2. The normalized spacial score (nSPS) is 15.2. The molecule has 2 atom stereocenters. The summed E-state index contributed by atoms with van der Waals surface area (Å²) in [5.74, 6) is 0.412. The number of fused-ring (bicyclic) bond motifs is 2. The lowest BCUT2D eigenvalue weighted by Gasteiger charge is -2.22. The van der Waals surface area contributed by atoms with Crippen LogP contribution >= 0.6 is 15.5 Å². The van der Waals surface area contributed by atoms with Crippen LogP contribution in [0, 0.1) is 0 Å². The zero-order chi connectivity index (χ0) is 58.7. The summed E-state index contributed by atoms with van der Waals surface area (Å²) in [6.07, 6.45) is 12.3. The monoisotopic (exact) mass is 1150 g/mol. The summed E-state index contributed by atoms with van der Waals surface area (Å²) in [6, 6.07) is 22.4. The van der Waals surface area contributed by atoms with Gasteiger partial charge in [-0.15, -0.1) is 0 Å². The molecule has 0 aromatic heterocycles. The molecule has 2 amide bonds. The smallest absolute Gasteiger partial charge is 0.387 e. The molecule has 21 heteroatoms. The van der Waals surface area contributed by atoms with Gasteiger partial charge in [-0.25, -0.2) is 4.99 Å². The number of nitrogens with zero attached hydrogens (tertiary/aromatic N) is 8. The first-order valence-corrected chi connectivity index (χ1v) is 31.4. The SMILES string of the molecule is CCCN(CCC)C(=O)C1=Cc2ccc(-c3ccc(C=O)c(/C=N\N(C)CCO[P+](O)(N=C4CC(C(=O)N(CCC)CCC)=Cc5ccc(-c6ccc(C=O)c(/C=N\N(C)CCP(C)(=O)OCC)c6)cc5N4)OC)c3)cc2N=C(N)C1. The van der Waals surface area contributed by atoms with Gasteiger partial charge in [0.2, 0.25) is 19.2 Å². The average Bonchev–Trinajstić information content (AvgIpc) is 3.77. The quantitative estimate of drug-likeness (QED) is 0.0199. The van der Waals surface area contributed by atoms with E-state index in [0.717, 1.165) is 71.6 Å². The molecule has 0 radical (unpaired) electrons. The number of nitrogens with one attached hydrogen (secondary N) is 1. The van der Waals surface area contributed by atoms with Crippen molar-refractivity contribution in [3.63, 3.8) is 0 Å². The van der Waals surface area contributed by atoms with Crippen LogP contribution in [0.3, 0.4) is 0 Å². The van der Waals surface area contributed by atoms with Crippen molar-refractivity contribution in [1.82, 2.24) is 19.8 Å². The Bertz CT molecular complexity index is 3130. The largest absolute Gasteiger partial charge is 0.552 e. The molecule has 2 unspecified atom stereocenters. The molecule has 0 saturated carbocycles. The maximum Gasteiger partial charge on any atom is 0.552 e. The summed E-state index contributed by atoms with van der Waals surface area (Å²) in [4.78, 5) is 72.5. The number of aldehydes is 2. The summed E-state index contributed by atoms with van der Waals surface area (Å²) in [5, 5.41) is 15.8. The van der Waals surface area contributed by atoms with Crippen molar-refractivity contribution in [2.24, 2.45) is 25.7 Å². The van der Waals surface area contributed by atoms with E-state index in [1.165, 1.54) is 7.11 Å². The highest BCUT2D eigenvalue weighted by molar-refractivity contribution is 7.59. The van der Waals surface area contributed by atoms with E-state index in [1.54, 1.807) is 62.3 Å². The van der Waals surface area contributed by atoms with E-state index in [9.17, 15) is 28.6 Å². The topological polar surface area (TPSA) is 234 Å². The molecule has 2 aliphatic heterocycles. The van der Waals surface area contributed by atoms with Crippen LogP contribution in [0.15, 0.2) is 104 Å². The van der Waals surface area contributed by atoms with Gasteiger partial charge in [0.05, 0.1) is 38.4 Å². The molecule has 0 aliphatic carbocycles. The lowest BCUT2D eigenvalue weighted by Crippen LogP contribution is -2.34. The number of hydrogen-bond acceptors (Lipinski definition) is 16. The van der Waals surface area contributed by atoms with Gasteiger partial charge in [-0.1, -0.05) is 76.2 Å². The van der Waals surface area contributed by atoms with E-state index < -0.39 is 15.5 Å². The first-order valence-electron chi connectivity index (χ1n) is 27.6. The summed E-state index contributed by atoms with van der Waals surface area (Å²) >= 11 is 0. The van der Waals surface area contributed by atoms with Crippen LogP contribution in [0.5, 0.6) is 0 Å². The number of amides is 2. The molecule has 19 nitrogen and oxygen atoms in total. The fourth-order valence-electron chi connectivity index (χ4n) is 9.22. The van der Waals surface area contributed by atoms with Gasteiger partial charge < -0.3 is 25.4 Å². The Kier molecular flexibility index (Phi) is 23.6. The number of aliphatic imine (C=N–C) groups is 1. The van der Waals surface area contributed by atoms with Gasteiger partial charge in [-0.05, 0) is 102 Å². The minimum Gasteiger partial charge on any atom is -0.387 e. The number of likely N-dealkylation sites (N-methyl/N-ethyl adjacent to an activating group) is 1. The number of carbonyl (C=O) groups is 4. The first-order chi connectivity index (χ1) is 38.9. The highest BCUT2D eigenvalue weighted by Crippen LogP contribution is 2.58. The van der Waals surface area contributed by atoms with Gasteiger partial charge in [0.1, 0.15) is 12.4 Å². The Hall–Kier alpha value is -6.98.